The van der Waals surface area contributed by atoms with E-state index in [0.29, 0.717) is 6.42 Å². The van der Waals surface area contributed by atoms with Crippen LogP contribution in [0, 0.1) is 11.3 Å². The molecule has 3 rings (SSSR count). The molecule has 2 aromatic rings. The van der Waals surface area contributed by atoms with Crippen molar-refractivity contribution in [1.29, 1.82) is 0 Å². The monoisotopic (exact) mass is 437 g/mol. The fraction of sp³-hybridized carbons (Fsp3) is 0.600. The molecule has 1 fully saturated rings. The van der Waals surface area contributed by atoms with Crippen molar-refractivity contribution in [2.45, 2.75) is 58.7 Å². The van der Waals surface area contributed by atoms with E-state index in [-0.39, 0.29) is 17.9 Å². The molecule has 29 heavy (non-hydrogen) atoms. The minimum absolute atomic E-state index is 0.0842. The summed E-state index contributed by atoms with van der Waals surface area (Å²) >= 11 is 1.48. The Morgan fingerprint density at radius 1 is 1.52 bits per heavy atom. The Labute approximate surface area is 177 Å². The minimum Gasteiger partial charge on any atom is -0.445 e. The second kappa shape index (κ2) is 8.59. The summed E-state index contributed by atoms with van der Waals surface area (Å²) in [4.78, 5) is 20.5. The predicted molar refractivity (Wildman–Crippen MR) is 117 cm³/mol. The summed E-state index contributed by atoms with van der Waals surface area (Å²) in [6.07, 6.45) is 5.83. The Hall–Kier alpha value is -1.68. The number of ether oxygens (including phenoxy) is 1. The molecule has 1 aliphatic rings. The van der Waals surface area contributed by atoms with Gasteiger partial charge in [-0.2, -0.15) is 0 Å². The quantitative estimate of drug-likeness (QED) is 0.549. The van der Waals surface area contributed by atoms with E-state index in [4.69, 9.17) is 9.16 Å². The highest BCUT2D eigenvalue weighted by Gasteiger charge is 2.52. The molecule has 1 amide bonds. The second-order valence-corrected chi connectivity index (χ2v) is 12.3. The van der Waals surface area contributed by atoms with Crippen molar-refractivity contribution >= 4 is 31.3 Å². The summed E-state index contributed by atoms with van der Waals surface area (Å²) in [6, 6.07) is -0.425. The first-order chi connectivity index (χ1) is 13.6. The van der Waals surface area contributed by atoms with Gasteiger partial charge in [0.05, 0.1) is 23.4 Å². The van der Waals surface area contributed by atoms with E-state index in [1.54, 1.807) is 23.5 Å². The number of aromatic nitrogens is 2. The van der Waals surface area contributed by atoms with E-state index >= 15 is 0 Å². The zero-order valence-electron chi connectivity index (χ0n) is 17.7. The van der Waals surface area contributed by atoms with Crippen molar-refractivity contribution in [1.82, 2.24) is 14.3 Å². The number of hydrogen-bond donors (Lipinski definition) is 1. The second-order valence-electron chi connectivity index (χ2n) is 8.84. The van der Waals surface area contributed by atoms with Crippen LogP contribution in [0.5, 0.6) is 0 Å². The maximum absolute atomic E-state index is 13.0. The molecule has 2 aromatic heterocycles. The van der Waals surface area contributed by atoms with Crippen molar-refractivity contribution < 1.29 is 19.1 Å². The van der Waals surface area contributed by atoms with Gasteiger partial charge in [-0.25, -0.2) is 9.78 Å². The van der Waals surface area contributed by atoms with Crippen LogP contribution < -0.4 is 0 Å². The molecule has 160 valence electrons. The lowest BCUT2D eigenvalue weighted by molar-refractivity contribution is -0.0292. The highest BCUT2D eigenvalue weighted by molar-refractivity contribution is 7.17. The van der Waals surface area contributed by atoms with Crippen LogP contribution in [-0.4, -0.2) is 53.4 Å². The van der Waals surface area contributed by atoms with Crippen molar-refractivity contribution in [3.63, 3.8) is 0 Å². The van der Waals surface area contributed by atoms with Crippen LogP contribution >= 0.6 is 11.3 Å². The molecule has 1 saturated heterocycles. The Morgan fingerprint density at radius 3 is 2.83 bits per heavy atom. The van der Waals surface area contributed by atoms with Crippen LogP contribution in [0.25, 0.3) is 4.83 Å². The molecule has 0 aromatic carbocycles. The summed E-state index contributed by atoms with van der Waals surface area (Å²) < 4.78 is 13.6. The van der Waals surface area contributed by atoms with Crippen LogP contribution in [-0.2, 0) is 9.16 Å². The summed E-state index contributed by atoms with van der Waals surface area (Å²) in [5, 5.41) is 11.3. The van der Waals surface area contributed by atoms with Gasteiger partial charge in [0.2, 0.25) is 0 Å². The van der Waals surface area contributed by atoms with Gasteiger partial charge in [0.1, 0.15) is 23.8 Å². The first kappa shape index (κ1) is 22.0. The van der Waals surface area contributed by atoms with Gasteiger partial charge in [-0.15, -0.1) is 11.3 Å². The molecule has 1 aliphatic heterocycles. The third kappa shape index (κ3) is 4.58. The average Bonchev–Trinajstić information content (AvgIpc) is 3.30. The van der Waals surface area contributed by atoms with Crippen molar-refractivity contribution in [3.8, 4) is 0 Å². The van der Waals surface area contributed by atoms with Gasteiger partial charge in [0.15, 0.2) is 9.04 Å². The summed E-state index contributed by atoms with van der Waals surface area (Å²) in [6.45, 7) is 14.4. The van der Waals surface area contributed by atoms with Crippen LogP contribution in [0.1, 0.15) is 38.2 Å². The van der Waals surface area contributed by atoms with Gasteiger partial charge in [0.25, 0.3) is 0 Å². The molecule has 0 saturated carbocycles. The third-order valence-corrected chi connectivity index (χ3v) is 7.24. The molecule has 0 aliphatic carbocycles. The van der Waals surface area contributed by atoms with Crippen LogP contribution in [0.3, 0.4) is 0 Å². The SMILES string of the molecule is C=CCOC(=O)N1C(O[SiH](C)C)[C@@H](C(C)(C)C)C[C@H]1C(O)c1cn2cncc2s1. The topological polar surface area (TPSA) is 76.3 Å². The molecule has 0 radical (unpaired) electrons. The van der Waals surface area contributed by atoms with Gasteiger partial charge < -0.3 is 14.3 Å². The zero-order chi connectivity index (χ0) is 21.3. The molecular formula is C20H31N3O4SSi. The third-order valence-electron chi connectivity index (χ3n) is 5.31. The normalized spacial score (nSPS) is 23.7. The molecule has 0 bridgehead atoms. The molecule has 3 heterocycles. The van der Waals surface area contributed by atoms with Crippen molar-refractivity contribution in [2.24, 2.45) is 11.3 Å². The van der Waals surface area contributed by atoms with Crippen LogP contribution in [0.15, 0.2) is 31.4 Å². The Balaban J connectivity index is 1.97. The largest absolute Gasteiger partial charge is 0.445 e. The fourth-order valence-corrected chi connectivity index (χ4v) is 5.78. The molecule has 4 atom stereocenters. The number of imidazole rings is 1. The molecule has 1 N–H and O–H groups in total. The molecule has 7 nitrogen and oxygen atoms in total. The maximum Gasteiger partial charge on any atom is 0.412 e. The van der Waals surface area contributed by atoms with Crippen molar-refractivity contribution in [3.05, 3.63) is 36.3 Å². The number of fused-ring (bicyclic) bond motifs is 1. The number of aliphatic hydroxyl groups excluding tert-OH is 1. The van der Waals surface area contributed by atoms with Gasteiger partial charge in [-0.3, -0.25) is 9.30 Å². The van der Waals surface area contributed by atoms with Gasteiger partial charge in [0, 0.05) is 12.1 Å². The molecule has 2 unspecified atom stereocenters. The first-order valence-corrected chi connectivity index (χ1v) is 13.5. The first-order valence-electron chi connectivity index (χ1n) is 9.94. The number of likely N-dealkylation sites (tertiary alicyclic amines) is 1. The van der Waals surface area contributed by atoms with Gasteiger partial charge in [-0.1, -0.05) is 33.4 Å². The Morgan fingerprint density at radius 2 is 2.24 bits per heavy atom. The predicted octanol–water partition coefficient (Wildman–Crippen LogP) is 3.81. The van der Waals surface area contributed by atoms with E-state index in [1.165, 1.54) is 11.3 Å². The number of amides is 1. The van der Waals surface area contributed by atoms with Crippen molar-refractivity contribution in [2.75, 3.05) is 6.61 Å². The smallest absolute Gasteiger partial charge is 0.412 e. The number of nitrogens with zero attached hydrogens (tertiary/aromatic N) is 3. The number of carbonyl (C=O) groups is 1. The lowest BCUT2D eigenvalue weighted by atomic mass is 9.78. The number of aliphatic hydroxyl groups is 1. The number of thiazole rings is 1. The van der Waals surface area contributed by atoms with Gasteiger partial charge in [-0.05, 0) is 24.9 Å². The number of rotatable bonds is 6. The highest BCUT2D eigenvalue weighted by Crippen LogP contribution is 2.46. The zero-order valence-corrected chi connectivity index (χ0v) is 19.7. The highest BCUT2D eigenvalue weighted by atomic mass is 32.1. The molecular weight excluding hydrogens is 406 g/mol. The van der Waals surface area contributed by atoms with E-state index < -0.39 is 33.5 Å². The lowest BCUT2D eigenvalue weighted by Crippen LogP contribution is -2.48. The van der Waals surface area contributed by atoms with E-state index in [9.17, 15) is 9.90 Å². The van der Waals surface area contributed by atoms with E-state index in [0.717, 1.165) is 9.71 Å². The summed E-state index contributed by atoms with van der Waals surface area (Å²) in [5.74, 6) is 0.0842. The number of carbonyl (C=O) groups excluding carboxylic acids is 1. The van der Waals surface area contributed by atoms with Crippen LogP contribution in [0.4, 0.5) is 4.79 Å². The standard InChI is InChI=1S/C20H31N3O4SSi/c1-7-8-26-19(25)23-14(9-13(20(2,3)4)18(23)27-29(5)6)17(24)15-11-22-12-21-10-16(22)28-15/h7,10-14,17-18,24,29H,1,8-9H2,2-6H3/t13-,14-,17?,18?/m0/s1. The summed E-state index contributed by atoms with van der Waals surface area (Å²) in [7, 11) is -1.45. The lowest BCUT2D eigenvalue weighted by Gasteiger charge is -2.36. The maximum atomic E-state index is 13.0. The van der Waals surface area contributed by atoms with E-state index in [1.807, 2.05) is 10.6 Å². The number of hydrogen-bond acceptors (Lipinski definition) is 6. The Kier molecular flexibility index (Phi) is 6.52. The van der Waals surface area contributed by atoms with Gasteiger partial charge >= 0.3 is 6.09 Å². The molecule has 9 heteroatoms. The minimum atomic E-state index is -1.45. The molecule has 0 spiro atoms. The van der Waals surface area contributed by atoms with Crippen LogP contribution in [0.2, 0.25) is 13.1 Å². The van der Waals surface area contributed by atoms with E-state index in [2.05, 4.69) is 45.4 Å². The summed E-state index contributed by atoms with van der Waals surface area (Å²) in [5.41, 5.74) is -0.0915. The average molecular weight is 438 g/mol. The Bertz CT molecular complexity index is 831. The fourth-order valence-electron chi connectivity index (χ4n) is 3.90.